The third-order valence-electron chi connectivity index (χ3n) is 4.19. The van der Waals surface area contributed by atoms with Gasteiger partial charge in [-0.25, -0.2) is 9.97 Å². The van der Waals surface area contributed by atoms with E-state index in [9.17, 15) is 0 Å². The van der Waals surface area contributed by atoms with Crippen molar-refractivity contribution in [2.24, 2.45) is 4.99 Å². The zero-order valence-electron chi connectivity index (χ0n) is 15.5. The molecule has 6 nitrogen and oxygen atoms in total. The molecule has 0 unspecified atom stereocenters. The number of aliphatic imine (C=N–C) groups is 1. The molecule has 0 spiro atoms. The van der Waals surface area contributed by atoms with Crippen LogP contribution in [0, 0.1) is 0 Å². The van der Waals surface area contributed by atoms with E-state index in [0.717, 1.165) is 56.1 Å². The van der Waals surface area contributed by atoms with Crippen LogP contribution in [-0.4, -0.2) is 40.1 Å². The third kappa shape index (κ3) is 5.69. The van der Waals surface area contributed by atoms with Gasteiger partial charge >= 0.3 is 0 Å². The molecule has 0 aliphatic heterocycles. The van der Waals surface area contributed by atoms with E-state index >= 15 is 0 Å². The third-order valence-corrected chi connectivity index (χ3v) is 4.42. The summed E-state index contributed by atoms with van der Waals surface area (Å²) in [6.07, 6.45) is 5.54. The standard InChI is InChI=1S/C20H25ClN6/c1-2-22-20(24-12-10-16-8-9-19(21)25-14-16)23-11-5-13-27-15-26-17-6-3-4-7-18(17)27/h3-4,6-9,14-15H,2,5,10-13H2,1H3,(H2,22,23,24). The van der Waals surface area contributed by atoms with Gasteiger partial charge in [-0.2, -0.15) is 0 Å². The van der Waals surface area contributed by atoms with E-state index in [1.807, 2.05) is 42.9 Å². The van der Waals surface area contributed by atoms with Gasteiger partial charge in [0, 0.05) is 32.4 Å². The second kappa shape index (κ2) is 9.92. The fraction of sp³-hybridized carbons (Fsp3) is 0.350. The maximum atomic E-state index is 5.82. The topological polar surface area (TPSA) is 67.1 Å². The first kappa shape index (κ1) is 19.2. The number of para-hydroxylation sites is 2. The molecule has 142 valence electrons. The molecule has 3 aromatic rings. The molecule has 1 aromatic carbocycles. The number of nitrogens with one attached hydrogen (secondary N) is 2. The summed E-state index contributed by atoms with van der Waals surface area (Å²) < 4.78 is 2.18. The summed E-state index contributed by atoms with van der Waals surface area (Å²) in [5, 5.41) is 7.17. The number of imidazole rings is 1. The summed E-state index contributed by atoms with van der Waals surface area (Å²) in [4.78, 5) is 13.2. The highest BCUT2D eigenvalue weighted by molar-refractivity contribution is 6.29. The summed E-state index contributed by atoms with van der Waals surface area (Å²) >= 11 is 5.82. The summed E-state index contributed by atoms with van der Waals surface area (Å²) in [5.41, 5.74) is 3.35. The van der Waals surface area contributed by atoms with E-state index in [2.05, 4.69) is 43.2 Å². The first-order chi connectivity index (χ1) is 13.3. The van der Waals surface area contributed by atoms with Crippen LogP contribution in [0.3, 0.4) is 0 Å². The Labute approximate surface area is 164 Å². The molecule has 0 saturated heterocycles. The average Bonchev–Trinajstić information content (AvgIpc) is 3.10. The number of aromatic nitrogens is 3. The van der Waals surface area contributed by atoms with Crippen LogP contribution in [0.2, 0.25) is 5.15 Å². The molecule has 2 aromatic heterocycles. The second-order valence-corrected chi connectivity index (χ2v) is 6.59. The van der Waals surface area contributed by atoms with E-state index in [1.165, 1.54) is 5.52 Å². The van der Waals surface area contributed by atoms with E-state index in [1.54, 1.807) is 0 Å². The first-order valence-electron chi connectivity index (χ1n) is 9.28. The van der Waals surface area contributed by atoms with Gasteiger partial charge in [-0.15, -0.1) is 0 Å². The molecule has 0 aliphatic rings. The number of fused-ring (bicyclic) bond motifs is 1. The van der Waals surface area contributed by atoms with Crippen molar-refractivity contribution in [1.82, 2.24) is 25.2 Å². The largest absolute Gasteiger partial charge is 0.357 e. The summed E-state index contributed by atoms with van der Waals surface area (Å²) in [6, 6.07) is 12.0. The lowest BCUT2D eigenvalue weighted by Gasteiger charge is -2.11. The van der Waals surface area contributed by atoms with Gasteiger partial charge in [0.1, 0.15) is 5.15 Å². The van der Waals surface area contributed by atoms with Crippen LogP contribution in [0.5, 0.6) is 0 Å². The number of halogens is 1. The highest BCUT2D eigenvalue weighted by Gasteiger charge is 2.02. The first-order valence-corrected chi connectivity index (χ1v) is 9.66. The second-order valence-electron chi connectivity index (χ2n) is 6.21. The fourth-order valence-corrected chi connectivity index (χ4v) is 2.95. The van der Waals surface area contributed by atoms with Crippen molar-refractivity contribution in [3.05, 3.63) is 59.6 Å². The molecule has 0 aliphatic carbocycles. The smallest absolute Gasteiger partial charge is 0.191 e. The molecule has 7 heteroatoms. The van der Waals surface area contributed by atoms with Crippen LogP contribution in [0.1, 0.15) is 18.9 Å². The predicted octanol–water partition coefficient (Wildman–Crippen LogP) is 3.27. The summed E-state index contributed by atoms with van der Waals surface area (Å²) in [6.45, 7) is 5.35. The van der Waals surface area contributed by atoms with Crippen LogP contribution >= 0.6 is 11.6 Å². The van der Waals surface area contributed by atoms with Crippen molar-refractivity contribution < 1.29 is 0 Å². The van der Waals surface area contributed by atoms with Gasteiger partial charge in [0.2, 0.25) is 0 Å². The lowest BCUT2D eigenvalue weighted by molar-refractivity contribution is 0.661. The lowest BCUT2D eigenvalue weighted by atomic mass is 10.2. The summed E-state index contributed by atoms with van der Waals surface area (Å²) in [5.74, 6) is 0.843. The van der Waals surface area contributed by atoms with Gasteiger partial charge in [0.05, 0.1) is 17.4 Å². The molecule has 0 bridgehead atoms. The highest BCUT2D eigenvalue weighted by atomic mass is 35.5. The molecular weight excluding hydrogens is 360 g/mol. The Morgan fingerprint density at radius 2 is 2.04 bits per heavy atom. The average molecular weight is 385 g/mol. The Hall–Kier alpha value is -2.60. The molecule has 0 fully saturated rings. The van der Waals surface area contributed by atoms with Gasteiger partial charge in [0.15, 0.2) is 5.96 Å². The minimum Gasteiger partial charge on any atom is -0.357 e. The lowest BCUT2D eigenvalue weighted by Crippen LogP contribution is -2.38. The van der Waals surface area contributed by atoms with Crippen molar-refractivity contribution in [3.63, 3.8) is 0 Å². The normalized spacial score (nSPS) is 11.7. The maximum absolute atomic E-state index is 5.82. The van der Waals surface area contributed by atoms with Crippen molar-refractivity contribution in [2.75, 3.05) is 19.6 Å². The number of nitrogens with zero attached hydrogens (tertiary/aromatic N) is 4. The van der Waals surface area contributed by atoms with Crippen molar-refractivity contribution in [2.45, 2.75) is 26.3 Å². The number of pyridine rings is 1. The molecule has 2 N–H and O–H groups in total. The van der Waals surface area contributed by atoms with Gasteiger partial charge in [0.25, 0.3) is 0 Å². The van der Waals surface area contributed by atoms with E-state index in [-0.39, 0.29) is 0 Å². The van der Waals surface area contributed by atoms with Crippen LogP contribution < -0.4 is 10.6 Å². The number of benzene rings is 1. The van der Waals surface area contributed by atoms with E-state index < -0.39 is 0 Å². The van der Waals surface area contributed by atoms with Gasteiger partial charge in [-0.05, 0) is 43.5 Å². The summed E-state index contributed by atoms with van der Waals surface area (Å²) in [7, 11) is 0. The van der Waals surface area contributed by atoms with Crippen molar-refractivity contribution >= 4 is 28.6 Å². The van der Waals surface area contributed by atoms with Crippen LogP contribution in [-0.2, 0) is 13.0 Å². The Balaban J connectivity index is 1.46. The Morgan fingerprint density at radius 3 is 2.85 bits per heavy atom. The quantitative estimate of drug-likeness (QED) is 0.271. The van der Waals surface area contributed by atoms with Crippen LogP contribution in [0.25, 0.3) is 11.0 Å². The minimum absolute atomic E-state index is 0.521. The zero-order chi connectivity index (χ0) is 18.9. The number of hydrogen-bond donors (Lipinski definition) is 2. The molecule has 3 rings (SSSR count). The highest BCUT2D eigenvalue weighted by Crippen LogP contribution is 2.12. The molecular formula is C20H25ClN6. The fourth-order valence-electron chi connectivity index (χ4n) is 2.84. The Bertz CT molecular complexity index is 872. The van der Waals surface area contributed by atoms with Gasteiger partial charge < -0.3 is 15.2 Å². The molecule has 0 radical (unpaired) electrons. The van der Waals surface area contributed by atoms with E-state index in [4.69, 9.17) is 11.6 Å². The Morgan fingerprint density at radius 1 is 1.15 bits per heavy atom. The minimum atomic E-state index is 0.521. The number of rotatable bonds is 8. The Kier molecular flexibility index (Phi) is 7.04. The maximum Gasteiger partial charge on any atom is 0.191 e. The van der Waals surface area contributed by atoms with Gasteiger partial charge in [-0.1, -0.05) is 29.8 Å². The number of guanidine groups is 1. The SMILES string of the molecule is CCNC(=NCCCn1cnc2ccccc21)NCCc1ccc(Cl)nc1. The van der Waals surface area contributed by atoms with Crippen molar-refractivity contribution in [3.8, 4) is 0 Å². The number of aryl methyl sites for hydroxylation is 1. The molecule has 0 saturated carbocycles. The van der Waals surface area contributed by atoms with Crippen LogP contribution in [0.4, 0.5) is 0 Å². The van der Waals surface area contributed by atoms with Gasteiger partial charge in [-0.3, -0.25) is 4.99 Å². The van der Waals surface area contributed by atoms with Crippen LogP contribution in [0.15, 0.2) is 53.9 Å². The zero-order valence-corrected chi connectivity index (χ0v) is 16.3. The molecule has 27 heavy (non-hydrogen) atoms. The monoisotopic (exact) mass is 384 g/mol. The van der Waals surface area contributed by atoms with E-state index in [0.29, 0.717) is 5.15 Å². The molecule has 0 atom stereocenters. The molecule has 0 amide bonds. The molecule has 2 heterocycles. The predicted molar refractivity (Wildman–Crippen MR) is 111 cm³/mol. The van der Waals surface area contributed by atoms with Crippen molar-refractivity contribution in [1.29, 1.82) is 0 Å². The number of hydrogen-bond acceptors (Lipinski definition) is 3.